The highest BCUT2D eigenvalue weighted by atomic mass is 16.5. The highest BCUT2D eigenvalue weighted by Gasteiger charge is 2.19. The molecule has 0 aliphatic carbocycles. The van der Waals surface area contributed by atoms with E-state index in [1.165, 1.54) is 10.2 Å². The number of amides is 1. The summed E-state index contributed by atoms with van der Waals surface area (Å²) >= 11 is 0. The lowest BCUT2D eigenvalue weighted by atomic mass is 10.0. The Morgan fingerprint density at radius 2 is 1.62 bits per heavy atom. The van der Waals surface area contributed by atoms with Crippen LogP contribution >= 0.6 is 0 Å². The molecule has 0 saturated carbocycles. The molecule has 34 heavy (non-hydrogen) atoms. The van der Waals surface area contributed by atoms with E-state index in [-0.39, 0.29) is 18.0 Å². The van der Waals surface area contributed by atoms with Gasteiger partial charge in [0.2, 0.25) is 5.91 Å². The van der Waals surface area contributed by atoms with Crippen LogP contribution in [0.1, 0.15) is 36.6 Å². The Hall–Kier alpha value is -3.93. The van der Waals surface area contributed by atoms with Crippen molar-refractivity contribution >= 4 is 22.4 Å². The Morgan fingerprint density at radius 1 is 0.971 bits per heavy atom. The Balaban J connectivity index is 1.68. The summed E-state index contributed by atoms with van der Waals surface area (Å²) in [5, 5.41) is 5.78. The van der Waals surface area contributed by atoms with E-state index in [1.54, 1.807) is 18.1 Å². The molecule has 0 bridgehead atoms. The number of fused-ring (bicyclic) bond motifs is 1. The van der Waals surface area contributed by atoms with Gasteiger partial charge in [-0.15, -0.1) is 0 Å². The van der Waals surface area contributed by atoms with Gasteiger partial charge in [0, 0.05) is 11.1 Å². The van der Waals surface area contributed by atoms with Crippen LogP contribution in [0.4, 0.5) is 5.69 Å². The predicted octanol–water partition coefficient (Wildman–Crippen LogP) is 5.07. The fraction of sp³-hybridized carbons (Fsp3) is 0.250. The van der Waals surface area contributed by atoms with Crippen LogP contribution in [0.25, 0.3) is 10.8 Å². The SMILES string of the molecule is COc1ccc(N(Cc2ccc(C(C)C)cc2)C(=O)Cn2nc(C)c3ccccc3c2=O)cc1. The molecule has 0 unspecified atom stereocenters. The van der Waals surface area contributed by atoms with Crippen molar-refractivity contribution < 1.29 is 9.53 Å². The Bertz CT molecular complexity index is 1360. The van der Waals surface area contributed by atoms with Gasteiger partial charge in [-0.2, -0.15) is 5.10 Å². The Morgan fingerprint density at radius 3 is 2.24 bits per heavy atom. The second kappa shape index (κ2) is 9.91. The van der Waals surface area contributed by atoms with E-state index in [0.717, 1.165) is 16.6 Å². The van der Waals surface area contributed by atoms with Crippen LogP contribution in [-0.4, -0.2) is 22.8 Å². The first-order chi connectivity index (χ1) is 16.4. The molecule has 0 atom stereocenters. The number of carbonyl (C=O) groups excluding carboxylic acids is 1. The number of methoxy groups -OCH3 is 1. The lowest BCUT2D eigenvalue weighted by Crippen LogP contribution is -2.37. The molecule has 1 amide bonds. The molecule has 0 radical (unpaired) electrons. The average Bonchev–Trinajstić information content (AvgIpc) is 2.86. The minimum absolute atomic E-state index is 0.152. The third kappa shape index (κ3) is 4.86. The molecular weight excluding hydrogens is 426 g/mol. The standard InChI is InChI=1S/C28H29N3O3/c1-19(2)22-11-9-21(10-12-22)17-30(23-13-15-24(34-4)16-14-23)27(32)18-31-28(33)26-8-6-5-7-25(26)20(3)29-31/h5-16,19H,17-18H2,1-4H3. The summed E-state index contributed by atoms with van der Waals surface area (Å²) in [4.78, 5) is 28.3. The lowest BCUT2D eigenvalue weighted by molar-refractivity contribution is -0.119. The van der Waals surface area contributed by atoms with Gasteiger partial charge in [-0.05, 0) is 54.3 Å². The zero-order chi connectivity index (χ0) is 24.2. The van der Waals surface area contributed by atoms with Gasteiger partial charge in [0.1, 0.15) is 12.3 Å². The van der Waals surface area contributed by atoms with Crippen molar-refractivity contribution in [3.8, 4) is 5.75 Å². The first-order valence-electron chi connectivity index (χ1n) is 11.4. The molecule has 6 nitrogen and oxygen atoms in total. The summed E-state index contributed by atoms with van der Waals surface area (Å²) in [5.41, 5.74) is 3.41. The third-order valence-corrected chi connectivity index (χ3v) is 6.01. The largest absolute Gasteiger partial charge is 0.497 e. The van der Waals surface area contributed by atoms with E-state index in [4.69, 9.17) is 4.74 Å². The van der Waals surface area contributed by atoms with Crippen molar-refractivity contribution in [3.63, 3.8) is 0 Å². The number of benzene rings is 3. The number of hydrogen-bond donors (Lipinski definition) is 0. The maximum Gasteiger partial charge on any atom is 0.275 e. The number of ether oxygens (including phenoxy) is 1. The monoisotopic (exact) mass is 455 g/mol. The van der Waals surface area contributed by atoms with Crippen molar-refractivity contribution in [2.75, 3.05) is 12.0 Å². The molecule has 0 fully saturated rings. The fourth-order valence-electron chi connectivity index (χ4n) is 4.00. The molecule has 1 aromatic heterocycles. The number of aryl methyl sites for hydroxylation is 1. The van der Waals surface area contributed by atoms with Gasteiger partial charge >= 0.3 is 0 Å². The molecule has 0 aliphatic heterocycles. The first kappa shape index (κ1) is 23.2. The first-order valence-corrected chi connectivity index (χ1v) is 11.4. The van der Waals surface area contributed by atoms with Crippen LogP contribution < -0.4 is 15.2 Å². The topological polar surface area (TPSA) is 64.4 Å². The molecule has 4 rings (SSSR count). The van der Waals surface area contributed by atoms with Gasteiger partial charge in [0.25, 0.3) is 5.56 Å². The summed E-state index contributed by atoms with van der Waals surface area (Å²) < 4.78 is 6.53. The van der Waals surface area contributed by atoms with Crippen LogP contribution in [0.5, 0.6) is 5.75 Å². The Kier molecular flexibility index (Phi) is 6.77. The van der Waals surface area contributed by atoms with Crippen molar-refractivity contribution in [1.82, 2.24) is 9.78 Å². The molecule has 6 heteroatoms. The van der Waals surface area contributed by atoms with E-state index in [1.807, 2.05) is 61.5 Å². The Labute approximate surface area is 199 Å². The van der Waals surface area contributed by atoms with Crippen molar-refractivity contribution in [2.45, 2.75) is 39.8 Å². The highest BCUT2D eigenvalue weighted by molar-refractivity contribution is 5.93. The molecule has 1 heterocycles. The quantitative estimate of drug-likeness (QED) is 0.390. The lowest BCUT2D eigenvalue weighted by Gasteiger charge is -2.24. The van der Waals surface area contributed by atoms with Gasteiger partial charge in [0.05, 0.1) is 24.7 Å². The smallest absolute Gasteiger partial charge is 0.275 e. The molecule has 0 N–H and O–H groups in total. The van der Waals surface area contributed by atoms with Gasteiger partial charge in [-0.3, -0.25) is 9.59 Å². The minimum Gasteiger partial charge on any atom is -0.497 e. The van der Waals surface area contributed by atoms with E-state index in [9.17, 15) is 9.59 Å². The number of nitrogens with zero attached hydrogens (tertiary/aromatic N) is 3. The summed E-state index contributed by atoms with van der Waals surface area (Å²) in [5.74, 6) is 0.922. The normalized spacial score (nSPS) is 11.1. The van der Waals surface area contributed by atoms with Crippen LogP contribution in [0, 0.1) is 6.92 Å². The average molecular weight is 456 g/mol. The molecule has 3 aromatic carbocycles. The zero-order valence-corrected chi connectivity index (χ0v) is 20.0. The van der Waals surface area contributed by atoms with Crippen LogP contribution in [0.15, 0.2) is 77.6 Å². The summed E-state index contributed by atoms with van der Waals surface area (Å²) in [6.45, 7) is 6.38. The number of aromatic nitrogens is 2. The number of carbonyl (C=O) groups is 1. The van der Waals surface area contributed by atoms with Crippen LogP contribution in [-0.2, 0) is 17.9 Å². The minimum atomic E-state index is -0.273. The number of anilines is 1. The van der Waals surface area contributed by atoms with Crippen LogP contribution in [0.3, 0.4) is 0 Å². The van der Waals surface area contributed by atoms with Crippen molar-refractivity contribution in [3.05, 3.63) is 100.0 Å². The summed E-state index contributed by atoms with van der Waals surface area (Å²) in [7, 11) is 1.61. The molecule has 4 aromatic rings. The predicted molar refractivity (Wildman–Crippen MR) is 135 cm³/mol. The van der Waals surface area contributed by atoms with E-state index < -0.39 is 0 Å². The van der Waals surface area contributed by atoms with E-state index in [0.29, 0.717) is 29.3 Å². The molecular formula is C28H29N3O3. The molecule has 0 saturated heterocycles. The number of hydrogen-bond acceptors (Lipinski definition) is 4. The third-order valence-electron chi connectivity index (χ3n) is 6.01. The van der Waals surface area contributed by atoms with Crippen molar-refractivity contribution in [2.24, 2.45) is 0 Å². The van der Waals surface area contributed by atoms with Gasteiger partial charge in [0.15, 0.2) is 0 Å². The second-order valence-electron chi connectivity index (χ2n) is 8.67. The molecule has 0 spiro atoms. The van der Waals surface area contributed by atoms with Crippen LogP contribution in [0.2, 0.25) is 0 Å². The van der Waals surface area contributed by atoms with E-state index >= 15 is 0 Å². The summed E-state index contributed by atoms with van der Waals surface area (Å²) in [6, 6.07) is 23.0. The van der Waals surface area contributed by atoms with Gasteiger partial charge < -0.3 is 9.64 Å². The zero-order valence-electron chi connectivity index (χ0n) is 20.0. The highest BCUT2D eigenvalue weighted by Crippen LogP contribution is 2.23. The van der Waals surface area contributed by atoms with Gasteiger partial charge in [-0.25, -0.2) is 4.68 Å². The van der Waals surface area contributed by atoms with Crippen molar-refractivity contribution in [1.29, 1.82) is 0 Å². The fourth-order valence-corrected chi connectivity index (χ4v) is 4.00. The maximum absolute atomic E-state index is 13.5. The van der Waals surface area contributed by atoms with E-state index in [2.05, 4.69) is 31.1 Å². The second-order valence-corrected chi connectivity index (χ2v) is 8.67. The summed E-state index contributed by atoms with van der Waals surface area (Å²) in [6.07, 6.45) is 0. The van der Waals surface area contributed by atoms with Gasteiger partial charge in [-0.1, -0.05) is 56.3 Å². The molecule has 0 aliphatic rings. The maximum atomic E-state index is 13.5. The number of rotatable bonds is 7. The molecule has 174 valence electrons.